The van der Waals surface area contributed by atoms with Crippen LogP contribution in [0.5, 0.6) is 0 Å². The molecule has 2 aromatic carbocycles. The lowest BCUT2D eigenvalue weighted by Crippen LogP contribution is -2.18. The number of carbonyl (C=O) groups excluding carboxylic acids is 2. The van der Waals surface area contributed by atoms with Gasteiger partial charge >= 0.3 is 0 Å². The fraction of sp³-hybridized carbons (Fsp3) is 0.364. The molecule has 0 radical (unpaired) electrons. The zero-order valence-electron chi connectivity index (χ0n) is 16.1. The number of nitrogen functional groups attached to an aromatic ring is 2. The molecule has 2 aromatic rings. The third kappa shape index (κ3) is 3.53. The Kier molecular flexibility index (Phi) is 4.69. The van der Waals surface area contributed by atoms with Crippen LogP contribution in [0.25, 0.3) is 11.1 Å². The first kappa shape index (κ1) is 18.7. The van der Waals surface area contributed by atoms with Crippen molar-refractivity contribution in [1.29, 1.82) is 0 Å². The van der Waals surface area contributed by atoms with E-state index < -0.39 is 0 Å². The van der Waals surface area contributed by atoms with Crippen LogP contribution in [0.15, 0.2) is 24.3 Å². The van der Waals surface area contributed by atoms with Gasteiger partial charge in [-0.2, -0.15) is 0 Å². The predicted molar refractivity (Wildman–Crippen MR) is 108 cm³/mol. The van der Waals surface area contributed by atoms with E-state index in [1.54, 1.807) is 12.1 Å². The zero-order chi connectivity index (χ0) is 20.0. The van der Waals surface area contributed by atoms with E-state index in [9.17, 15) is 9.59 Å². The molecule has 0 aromatic heterocycles. The molecular weight excluding hydrogens is 356 g/mol. The lowest BCUT2D eigenvalue weighted by atomic mass is 9.81. The van der Waals surface area contributed by atoms with Crippen LogP contribution < -0.4 is 11.5 Å². The van der Waals surface area contributed by atoms with Gasteiger partial charge in [0, 0.05) is 29.8 Å². The maximum atomic E-state index is 12.7. The van der Waals surface area contributed by atoms with Crippen molar-refractivity contribution in [3.05, 3.63) is 46.5 Å². The number of nitrogens with two attached hydrogens (primary N) is 2. The van der Waals surface area contributed by atoms with Gasteiger partial charge in [-0.3, -0.25) is 9.59 Å². The van der Waals surface area contributed by atoms with Gasteiger partial charge in [0.1, 0.15) is 0 Å². The Labute approximate surface area is 163 Å². The number of rotatable bonds is 7. The van der Waals surface area contributed by atoms with Gasteiger partial charge in [-0.15, -0.1) is 0 Å². The Morgan fingerprint density at radius 3 is 1.86 bits per heavy atom. The molecule has 0 aliphatic carbocycles. The number of hydrogen-bond donors (Lipinski definition) is 2. The van der Waals surface area contributed by atoms with Gasteiger partial charge in [0.2, 0.25) is 0 Å². The standard InChI is InChI=1S/C22H24N2O4/c1-11(25)19-20(12(2)26)22(24)18(8-16-10-28-16)17(7-15-9-27-15)21(19)13-3-5-14(23)6-4-13/h3-6,15-16H,7-10,23-24H2,1-2H3. The van der Waals surface area contributed by atoms with E-state index in [0.29, 0.717) is 48.6 Å². The fourth-order valence-corrected chi connectivity index (χ4v) is 3.85. The summed E-state index contributed by atoms with van der Waals surface area (Å²) in [6.07, 6.45) is 1.47. The van der Waals surface area contributed by atoms with Crippen LogP contribution in [0.2, 0.25) is 0 Å². The van der Waals surface area contributed by atoms with Gasteiger partial charge in [-0.1, -0.05) is 12.1 Å². The molecule has 146 valence electrons. The summed E-state index contributed by atoms with van der Waals surface area (Å²) < 4.78 is 10.9. The topological polar surface area (TPSA) is 111 Å². The minimum atomic E-state index is -0.216. The van der Waals surface area contributed by atoms with Crippen LogP contribution in [0.1, 0.15) is 45.7 Å². The smallest absolute Gasteiger partial charge is 0.162 e. The maximum absolute atomic E-state index is 12.7. The van der Waals surface area contributed by atoms with E-state index in [1.165, 1.54) is 13.8 Å². The number of epoxide rings is 2. The molecule has 2 aliphatic rings. The molecule has 2 saturated heterocycles. The van der Waals surface area contributed by atoms with Crippen molar-refractivity contribution >= 4 is 22.9 Å². The Morgan fingerprint density at radius 1 is 0.893 bits per heavy atom. The Bertz CT molecular complexity index is 958. The fourth-order valence-electron chi connectivity index (χ4n) is 3.85. The molecule has 2 unspecified atom stereocenters. The molecule has 2 heterocycles. The number of Topliss-reactive ketones (excluding diaryl/α,β-unsaturated/α-hetero) is 2. The van der Waals surface area contributed by atoms with Gasteiger partial charge in [0.05, 0.1) is 31.0 Å². The van der Waals surface area contributed by atoms with E-state index >= 15 is 0 Å². The van der Waals surface area contributed by atoms with E-state index in [1.807, 2.05) is 12.1 Å². The highest BCUT2D eigenvalue weighted by Gasteiger charge is 2.34. The lowest BCUT2D eigenvalue weighted by molar-refractivity contribution is 0.0981. The molecule has 0 bridgehead atoms. The normalized spacial score (nSPS) is 20.1. The third-order valence-corrected chi connectivity index (χ3v) is 5.33. The Morgan fingerprint density at radius 2 is 1.39 bits per heavy atom. The average molecular weight is 380 g/mol. The van der Waals surface area contributed by atoms with Crippen molar-refractivity contribution in [1.82, 2.24) is 0 Å². The van der Waals surface area contributed by atoms with Crippen molar-refractivity contribution in [2.45, 2.75) is 38.9 Å². The Balaban J connectivity index is 2.05. The molecular formula is C22H24N2O4. The number of hydrogen-bond acceptors (Lipinski definition) is 6. The first-order valence-electron chi connectivity index (χ1n) is 9.45. The first-order valence-corrected chi connectivity index (χ1v) is 9.45. The second-order valence-corrected chi connectivity index (χ2v) is 7.55. The van der Waals surface area contributed by atoms with Crippen LogP contribution in [0.4, 0.5) is 11.4 Å². The number of carbonyl (C=O) groups is 2. The molecule has 4 rings (SSSR count). The molecule has 0 amide bonds. The third-order valence-electron chi connectivity index (χ3n) is 5.33. The molecule has 6 nitrogen and oxygen atoms in total. The van der Waals surface area contributed by atoms with Crippen molar-refractivity contribution in [2.75, 3.05) is 24.7 Å². The van der Waals surface area contributed by atoms with Crippen molar-refractivity contribution < 1.29 is 19.1 Å². The van der Waals surface area contributed by atoms with Gasteiger partial charge in [0.25, 0.3) is 0 Å². The first-order chi connectivity index (χ1) is 13.4. The summed E-state index contributed by atoms with van der Waals surface area (Å²) in [6, 6.07) is 7.35. The van der Waals surface area contributed by atoms with Gasteiger partial charge in [0.15, 0.2) is 11.6 Å². The van der Waals surface area contributed by atoms with E-state index in [0.717, 1.165) is 22.3 Å². The van der Waals surface area contributed by atoms with Crippen LogP contribution in [0, 0.1) is 0 Å². The van der Waals surface area contributed by atoms with Gasteiger partial charge < -0.3 is 20.9 Å². The molecule has 4 N–H and O–H groups in total. The second kappa shape index (κ2) is 7.04. The van der Waals surface area contributed by atoms with E-state index in [-0.39, 0.29) is 23.8 Å². The molecule has 2 atom stereocenters. The summed E-state index contributed by atoms with van der Waals surface area (Å²) in [5, 5.41) is 0. The van der Waals surface area contributed by atoms with E-state index in [4.69, 9.17) is 20.9 Å². The van der Waals surface area contributed by atoms with E-state index in [2.05, 4.69) is 0 Å². The minimum Gasteiger partial charge on any atom is -0.399 e. The summed E-state index contributed by atoms with van der Waals surface area (Å²) in [7, 11) is 0. The van der Waals surface area contributed by atoms with Gasteiger partial charge in [-0.25, -0.2) is 0 Å². The van der Waals surface area contributed by atoms with Gasteiger partial charge in [-0.05, 0) is 48.2 Å². The summed E-state index contributed by atoms with van der Waals surface area (Å²) in [4.78, 5) is 25.2. The quantitative estimate of drug-likeness (QED) is 0.434. The highest BCUT2D eigenvalue weighted by molar-refractivity contribution is 6.15. The molecule has 6 heteroatoms. The molecule has 2 aliphatic heterocycles. The van der Waals surface area contributed by atoms with Crippen LogP contribution >= 0.6 is 0 Å². The number of ketones is 2. The summed E-state index contributed by atoms with van der Waals surface area (Å²) >= 11 is 0. The second-order valence-electron chi connectivity index (χ2n) is 7.55. The summed E-state index contributed by atoms with van der Waals surface area (Å²) in [5.74, 6) is -0.400. The number of ether oxygens (including phenoxy) is 2. The largest absolute Gasteiger partial charge is 0.399 e. The van der Waals surface area contributed by atoms with Crippen LogP contribution in [-0.4, -0.2) is 37.0 Å². The van der Waals surface area contributed by atoms with Crippen molar-refractivity contribution in [3.8, 4) is 11.1 Å². The van der Waals surface area contributed by atoms with Crippen molar-refractivity contribution in [3.63, 3.8) is 0 Å². The SMILES string of the molecule is CC(=O)c1c(N)c(CC2CO2)c(CC2CO2)c(-c2ccc(N)cc2)c1C(C)=O. The predicted octanol–water partition coefficient (Wildman–Crippen LogP) is 2.81. The monoisotopic (exact) mass is 380 g/mol. The van der Waals surface area contributed by atoms with Crippen LogP contribution in [-0.2, 0) is 22.3 Å². The molecule has 0 saturated carbocycles. The molecule has 2 fully saturated rings. The van der Waals surface area contributed by atoms with Crippen molar-refractivity contribution in [2.24, 2.45) is 0 Å². The lowest BCUT2D eigenvalue weighted by Gasteiger charge is -2.23. The summed E-state index contributed by atoms with van der Waals surface area (Å²) in [5.41, 5.74) is 17.5. The highest BCUT2D eigenvalue weighted by Crippen LogP contribution is 2.41. The summed E-state index contributed by atoms with van der Waals surface area (Å²) in [6.45, 7) is 4.29. The number of anilines is 2. The average Bonchev–Trinajstić information content (AvgIpc) is 3.54. The maximum Gasteiger partial charge on any atom is 0.162 e. The highest BCUT2D eigenvalue weighted by atomic mass is 16.6. The minimum absolute atomic E-state index is 0.100. The molecule has 0 spiro atoms. The van der Waals surface area contributed by atoms with Crippen LogP contribution in [0.3, 0.4) is 0 Å². The Hall–Kier alpha value is -2.70. The molecule has 28 heavy (non-hydrogen) atoms. The number of benzene rings is 2. The zero-order valence-corrected chi connectivity index (χ0v) is 16.1.